The van der Waals surface area contributed by atoms with Gasteiger partial charge in [0.25, 0.3) is 0 Å². The predicted octanol–water partition coefficient (Wildman–Crippen LogP) is 3.14. The summed E-state index contributed by atoms with van der Waals surface area (Å²) in [5, 5.41) is 10.2. The van der Waals surface area contributed by atoms with Gasteiger partial charge in [-0.2, -0.15) is 0 Å². The second kappa shape index (κ2) is 5.46. The molecule has 0 aliphatic heterocycles. The van der Waals surface area contributed by atoms with Crippen molar-refractivity contribution in [3.05, 3.63) is 34.1 Å². The Labute approximate surface area is 109 Å². The zero-order valence-corrected chi connectivity index (χ0v) is 11.2. The average Bonchev–Trinajstić information content (AvgIpc) is 2.84. The first-order valence-electron chi connectivity index (χ1n) is 5.99. The number of aliphatic hydroxyl groups excluding tert-OH is 1. The molecule has 0 unspecified atom stereocenters. The quantitative estimate of drug-likeness (QED) is 0.901. The highest BCUT2D eigenvalue weighted by atomic mass is 79.9. The van der Waals surface area contributed by atoms with Crippen LogP contribution in [-0.2, 0) is 0 Å². The van der Waals surface area contributed by atoms with Crippen molar-refractivity contribution in [2.24, 2.45) is 11.7 Å². The summed E-state index contributed by atoms with van der Waals surface area (Å²) < 4.78 is 13.8. The molecule has 1 aliphatic rings. The van der Waals surface area contributed by atoms with Crippen LogP contribution in [0.25, 0.3) is 0 Å². The van der Waals surface area contributed by atoms with E-state index in [9.17, 15) is 9.50 Å². The van der Waals surface area contributed by atoms with E-state index < -0.39 is 12.1 Å². The summed E-state index contributed by atoms with van der Waals surface area (Å²) in [6.45, 7) is 0. The molecule has 1 aromatic carbocycles. The van der Waals surface area contributed by atoms with Gasteiger partial charge in [0.15, 0.2) is 0 Å². The number of hydrogen-bond donors (Lipinski definition) is 2. The molecule has 94 valence electrons. The number of halogens is 2. The van der Waals surface area contributed by atoms with Gasteiger partial charge in [0.2, 0.25) is 0 Å². The Hall–Kier alpha value is -0.450. The van der Waals surface area contributed by atoms with E-state index in [0.29, 0.717) is 10.0 Å². The monoisotopic (exact) mass is 301 g/mol. The largest absolute Gasteiger partial charge is 0.391 e. The molecule has 4 heteroatoms. The topological polar surface area (TPSA) is 46.2 Å². The molecule has 0 amide bonds. The Morgan fingerprint density at radius 1 is 1.35 bits per heavy atom. The molecular weight excluding hydrogens is 285 g/mol. The SMILES string of the molecule is N[C@H](c1cccc(F)c1Br)[C@@H](O)C1CCCC1. The molecule has 1 aliphatic carbocycles. The Morgan fingerprint density at radius 2 is 2.00 bits per heavy atom. The second-order valence-corrected chi connectivity index (χ2v) is 5.50. The van der Waals surface area contributed by atoms with Crippen LogP contribution in [0.2, 0.25) is 0 Å². The lowest BCUT2D eigenvalue weighted by molar-refractivity contribution is 0.0842. The van der Waals surface area contributed by atoms with Crippen LogP contribution >= 0.6 is 15.9 Å². The van der Waals surface area contributed by atoms with E-state index in [1.165, 1.54) is 6.07 Å². The Morgan fingerprint density at radius 3 is 2.65 bits per heavy atom. The molecule has 0 bridgehead atoms. The molecule has 2 atom stereocenters. The summed E-state index contributed by atoms with van der Waals surface area (Å²) in [6, 6.07) is 4.23. The Balaban J connectivity index is 2.18. The highest BCUT2D eigenvalue weighted by molar-refractivity contribution is 9.10. The van der Waals surface area contributed by atoms with Crippen LogP contribution < -0.4 is 5.73 Å². The highest BCUT2D eigenvalue weighted by Crippen LogP contribution is 2.35. The van der Waals surface area contributed by atoms with Gasteiger partial charge in [0, 0.05) is 0 Å². The zero-order valence-electron chi connectivity index (χ0n) is 9.57. The lowest BCUT2D eigenvalue weighted by Crippen LogP contribution is -2.32. The van der Waals surface area contributed by atoms with E-state index in [1.807, 2.05) is 0 Å². The van der Waals surface area contributed by atoms with Crippen molar-refractivity contribution in [1.82, 2.24) is 0 Å². The summed E-state index contributed by atoms with van der Waals surface area (Å²) in [7, 11) is 0. The van der Waals surface area contributed by atoms with Crippen molar-refractivity contribution in [2.45, 2.75) is 37.8 Å². The molecule has 0 spiro atoms. The van der Waals surface area contributed by atoms with E-state index in [0.717, 1.165) is 25.7 Å². The smallest absolute Gasteiger partial charge is 0.137 e. The van der Waals surface area contributed by atoms with E-state index in [2.05, 4.69) is 15.9 Å². The van der Waals surface area contributed by atoms with Crippen molar-refractivity contribution in [3.8, 4) is 0 Å². The average molecular weight is 302 g/mol. The first-order chi connectivity index (χ1) is 8.11. The normalized spacial score (nSPS) is 20.5. The minimum Gasteiger partial charge on any atom is -0.391 e. The van der Waals surface area contributed by atoms with Crippen molar-refractivity contribution in [1.29, 1.82) is 0 Å². The number of rotatable bonds is 3. The molecule has 2 rings (SSSR count). The third kappa shape index (κ3) is 2.69. The number of benzene rings is 1. The first kappa shape index (κ1) is 13.0. The van der Waals surface area contributed by atoms with E-state index in [4.69, 9.17) is 5.73 Å². The van der Waals surface area contributed by atoms with Crippen LogP contribution in [-0.4, -0.2) is 11.2 Å². The lowest BCUT2D eigenvalue weighted by atomic mass is 9.91. The summed E-state index contributed by atoms with van der Waals surface area (Å²) in [4.78, 5) is 0. The predicted molar refractivity (Wildman–Crippen MR) is 69.0 cm³/mol. The number of nitrogens with two attached hydrogens (primary N) is 1. The molecule has 0 heterocycles. The van der Waals surface area contributed by atoms with Crippen LogP contribution in [0.1, 0.15) is 37.3 Å². The fraction of sp³-hybridized carbons (Fsp3) is 0.538. The minimum absolute atomic E-state index is 0.250. The third-order valence-electron chi connectivity index (χ3n) is 3.59. The molecule has 1 fully saturated rings. The standard InChI is InChI=1S/C13H17BrFNO/c14-11-9(6-3-7-10(11)15)12(16)13(17)8-4-1-2-5-8/h3,6-8,12-13,17H,1-2,4-5,16H2/t12-,13+/m1/s1. The fourth-order valence-corrected chi connectivity index (χ4v) is 3.08. The molecule has 3 N–H and O–H groups in total. The van der Waals surface area contributed by atoms with Gasteiger partial charge < -0.3 is 10.8 Å². The second-order valence-electron chi connectivity index (χ2n) is 4.70. The van der Waals surface area contributed by atoms with Crippen LogP contribution in [0.5, 0.6) is 0 Å². The highest BCUT2D eigenvalue weighted by Gasteiger charge is 2.29. The lowest BCUT2D eigenvalue weighted by Gasteiger charge is -2.25. The minimum atomic E-state index is -0.587. The van der Waals surface area contributed by atoms with E-state index in [1.54, 1.807) is 12.1 Å². The van der Waals surface area contributed by atoms with E-state index >= 15 is 0 Å². The van der Waals surface area contributed by atoms with Gasteiger partial charge in [-0.15, -0.1) is 0 Å². The maximum atomic E-state index is 13.4. The number of aliphatic hydroxyl groups is 1. The van der Waals surface area contributed by atoms with Crippen molar-refractivity contribution >= 4 is 15.9 Å². The first-order valence-corrected chi connectivity index (χ1v) is 6.78. The van der Waals surface area contributed by atoms with Gasteiger partial charge in [-0.25, -0.2) is 4.39 Å². The van der Waals surface area contributed by atoms with Gasteiger partial charge in [0.05, 0.1) is 16.6 Å². The number of hydrogen-bond acceptors (Lipinski definition) is 2. The fourth-order valence-electron chi connectivity index (χ4n) is 2.55. The van der Waals surface area contributed by atoms with Crippen LogP contribution in [0, 0.1) is 11.7 Å². The summed E-state index contributed by atoms with van der Waals surface area (Å²) >= 11 is 3.19. The molecule has 2 nitrogen and oxygen atoms in total. The summed E-state index contributed by atoms with van der Waals surface area (Å²) in [6.07, 6.45) is 3.75. The van der Waals surface area contributed by atoms with Gasteiger partial charge in [-0.05, 0) is 46.3 Å². The zero-order chi connectivity index (χ0) is 12.4. The van der Waals surface area contributed by atoms with Crippen molar-refractivity contribution < 1.29 is 9.50 Å². The Kier molecular flexibility index (Phi) is 4.17. The van der Waals surface area contributed by atoms with Crippen LogP contribution in [0.15, 0.2) is 22.7 Å². The van der Waals surface area contributed by atoms with Gasteiger partial charge in [-0.1, -0.05) is 25.0 Å². The molecule has 0 radical (unpaired) electrons. The van der Waals surface area contributed by atoms with Gasteiger partial charge in [0.1, 0.15) is 5.82 Å². The van der Waals surface area contributed by atoms with Gasteiger partial charge >= 0.3 is 0 Å². The van der Waals surface area contributed by atoms with Crippen molar-refractivity contribution in [2.75, 3.05) is 0 Å². The maximum Gasteiger partial charge on any atom is 0.137 e. The Bertz CT molecular complexity index is 393. The molecule has 17 heavy (non-hydrogen) atoms. The molecular formula is C13H17BrFNO. The summed E-state index contributed by atoms with van der Waals surface area (Å²) in [5.41, 5.74) is 6.68. The van der Waals surface area contributed by atoms with Crippen LogP contribution in [0.3, 0.4) is 0 Å². The molecule has 0 aromatic heterocycles. The molecule has 1 saturated carbocycles. The van der Waals surface area contributed by atoms with E-state index in [-0.39, 0.29) is 11.7 Å². The van der Waals surface area contributed by atoms with Crippen molar-refractivity contribution in [3.63, 3.8) is 0 Å². The van der Waals surface area contributed by atoms with Crippen LogP contribution in [0.4, 0.5) is 4.39 Å². The molecule has 1 aromatic rings. The molecule has 0 saturated heterocycles. The van der Waals surface area contributed by atoms with Gasteiger partial charge in [-0.3, -0.25) is 0 Å². The third-order valence-corrected chi connectivity index (χ3v) is 4.43. The maximum absolute atomic E-state index is 13.4. The summed E-state index contributed by atoms with van der Waals surface area (Å²) in [5.74, 6) is -0.0864.